The third kappa shape index (κ3) is 31.1. The summed E-state index contributed by atoms with van der Waals surface area (Å²) in [6.07, 6.45) is 39.9. The van der Waals surface area contributed by atoms with Crippen molar-refractivity contribution in [3.8, 4) is 0 Å². The Bertz CT molecular complexity index is 687. The number of carbonyl (C=O) groups is 1. The van der Waals surface area contributed by atoms with E-state index in [-0.39, 0.29) is 0 Å². The molecule has 0 rings (SSSR count). The summed E-state index contributed by atoms with van der Waals surface area (Å²) in [7, 11) is 0. The average Bonchev–Trinajstić information content (AvgIpc) is 3.09. The van der Waals surface area contributed by atoms with Crippen molar-refractivity contribution in [3.63, 3.8) is 0 Å². The minimum Gasteiger partial charge on any atom is -0.394 e. The first-order valence-electron chi connectivity index (χ1n) is 21.1. The number of aliphatic hydroxyl groups is 4. The highest BCUT2D eigenvalue weighted by molar-refractivity contribution is 5.80. The second-order valence-corrected chi connectivity index (χ2v) is 14.7. The Morgan fingerprint density at radius 3 is 1.25 bits per heavy atom. The Morgan fingerprint density at radius 1 is 0.500 bits per heavy atom. The number of unbranched alkanes of at least 4 members (excludes halogenated alkanes) is 27. The molecule has 48 heavy (non-hydrogen) atoms. The Hall–Kier alpha value is -0.950. The van der Waals surface area contributed by atoms with Crippen molar-refractivity contribution < 1.29 is 25.2 Å². The molecule has 0 aromatic carbocycles. The number of aliphatic hydroxyl groups excluding tert-OH is 4. The van der Waals surface area contributed by atoms with Gasteiger partial charge in [-0.1, -0.05) is 193 Å². The maximum absolute atomic E-state index is 12.4. The van der Waals surface area contributed by atoms with E-state index in [0.717, 1.165) is 38.5 Å². The highest BCUT2D eigenvalue weighted by Crippen LogP contribution is 2.16. The molecule has 6 heteroatoms. The van der Waals surface area contributed by atoms with Crippen LogP contribution in [0.3, 0.4) is 0 Å². The van der Waals surface area contributed by atoms with E-state index in [1.165, 1.54) is 154 Å². The van der Waals surface area contributed by atoms with Crippen LogP contribution in [-0.2, 0) is 4.79 Å². The number of hydrogen-bond donors (Lipinski definition) is 5. The fraction of sp³-hybridized carbons (Fsp3) is 0.929. The molecular weight excluding hydrogens is 598 g/mol. The molecule has 0 aliphatic carbocycles. The van der Waals surface area contributed by atoms with Crippen LogP contribution in [0.1, 0.15) is 219 Å². The van der Waals surface area contributed by atoms with Crippen LogP contribution >= 0.6 is 0 Å². The fourth-order valence-corrected chi connectivity index (χ4v) is 6.58. The maximum Gasteiger partial charge on any atom is 0.249 e. The highest BCUT2D eigenvalue weighted by Gasteiger charge is 2.28. The number of rotatable bonds is 38. The normalized spacial score (nSPS) is 14.4. The molecule has 0 saturated carbocycles. The minimum absolute atomic E-state index is 0.365. The SMILES string of the molecule is CCCCCCCCCCCCCCCCCCCCC/C=C/CCCC(O)C(O)C(CO)NC(=O)C(O)CCCCCCCCCC. The van der Waals surface area contributed by atoms with Crippen LogP contribution in [-0.4, -0.2) is 57.3 Å². The Morgan fingerprint density at radius 2 is 0.854 bits per heavy atom. The lowest BCUT2D eigenvalue weighted by molar-refractivity contribution is -0.132. The minimum atomic E-state index is -1.28. The predicted octanol–water partition coefficient (Wildman–Crippen LogP) is 10.6. The fourth-order valence-electron chi connectivity index (χ4n) is 6.58. The van der Waals surface area contributed by atoms with Crippen molar-refractivity contribution in [2.45, 2.75) is 244 Å². The van der Waals surface area contributed by atoms with Gasteiger partial charge in [-0.05, 0) is 38.5 Å². The van der Waals surface area contributed by atoms with Gasteiger partial charge in [0, 0.05) is 0 Å². The largest absolute Gasteiger partial charge is 0.394 e. The van der Waals surface area contributed by atoms with Gasteiger partial charge in [0.05, 0.1) is 18.8 Å². The monoisotopic (exact) mass is 682 g/mol. The Labute approximate surface area is 298 Å². The third-order valence-electron chi connectivity index (χ3n) is 9.98. The molecule has 6 nitrogen and oxygen atoms in total. The lowest BCUT2D eigenvalue weighted by atomic mass is 10.00. The van der Waals surface area contributed by atoms with Crippen LogP contribution in [0, 0.1) is 0 Å². The molecule has 0 bridgehead atoms. The molecule has 0 heterocycles. The van der Waals surface area contributed by atoms with Gasteiger partial charge >= 0.3 is 0 Å². The first-order chi connectivity index (χ1) is 23.5. The maximum atomic E-state index is 12.4. The van der Waals surface area contributed by atoms with Crippen molar-refractivity contribution >= 4 is 5.91 Å². The van der Waals surface area contributed by atoms with E-state index in [1.54, 1.807) is 0 Å². The van der Waals surface area contributed by atoms with Gasteiger partial charge in [0.15, 0.2) is 0 Å². The number of allylic oxidation sites excluding steroid dienone is 2. The zero-order valence-corrected chi connectivity index (χ0v) is 32.0. The summed E-state index contributed by atoms with van der Waals surface area (Å²) < 4.78 is 0. The van der Waals surface area contributed by atoms with Crippen LogP contribution in [0.2, 0.25) is 0 Å². The predicted molar refractivity (Wildman–Crippen MR) is 205 cm³/mol. The number of hydrogen-bond acceptors (Lipinski definition) is 5. The quantitative estimate of drug-likeness (QED) is 0.0329. The highest BCUT2D eigenvalue weighted by atomic mass is 16.3. The molecule has 0 aliphatic heterocycles. The molecule has 4 atom stereocenters. The standard InChI is InChI=1S/C42H83NO5/c1-3-5-7-9-11-13-14-15-16-17-18-19-20-21-22-23-24-25-26-27-28-30-31-33-35-39(45)41(47)38(37-44)43-42(48)40(46)36-34-32-29-12-10-8-6-4-2/h28,30,38-41,44-47H,3-27,29,31-37H2,1-2H3,(H,43,48)/b30-28+. The molecular formula is C42H83NO5. The summed E-state index contributed by atoms with van der Waals surface area (Å²) in [5.41, 5.74) is 0. The average molecular weight is 682 g/mol. The first-order valence-corrected chi connectivity index (χ1v) is 21.1. The number of nitrogens with one attached hydrogen (secondary N) is 1. The van der Waals surface area contributed by atoms with E-state index in [1.807, 2.05) is 0 Å². The zero-order valence-electron chi connectivity index (χ0n) is 32.0. The summed E-state index contributed by atoms with van der Waals surface area (Å²) in [5.74, 6) is -0.596. The van der Waals surface area contributed by atoms with Crippen LogP contribution < -0.4 is 5.32 Å². The lowest BCUT2D eigenvalue weighted by Gasteiger charge is -2.27. The molecule has 4 unspecified atom stereocenters. The van der Waals surface area contributed by atoms with Crippen LogP contribution in [0.25, 0.3) is 0 Å². The van der Waals surface area contributed by atoms with E-state index in [4.69, 9.17) is 0 Å². The Balaban J connectivity index is 3.67. The summed E-state index contributed by atoms with van der Waals surface area (Å²) in [4.78, 5) is 12.4. The van der Waals surface area contributed by atoms with Crippen molar-refractivity contribution in [2.75, 3.05) is 6.61 Å². The number of carbonyl (C=O) groups excluding carboxylic acids is 1. The smallest absolute Gasteiger partial charge is 0.249 e. The zero-order chi connectivity index (χ0) is 35.3. The molecule has 0 spiro atoms. The molecule has 1 amide bonds. The molecule has 0 radical (unpaired) electrons. The van der Waals surface area contributed by atoms with Gasteiger partial charge in [0.25, 0.3) is 0 Å². The van der Waals surface area contributed by atoms with Gasteiger partial charge in [0.1, 0.15) is 12.2 Å². The van der Waals surface area contributed by atoms with Crippen LogP contribution in [0.4, 0.5) is 0 Å². The van der Waals surface area contributed by atoms with Crippen molar-refractivity contribution in [1.82, 2.24) is 5.32 Å². The summed E-state index contributed by atoms with van der Waals surface area (Å²) >= 11 is 0. The van der Waals surface area contributed by atoms with Crippen molar-refractivity contribution in [2.24, 2.45) is 0 Å². The molecule has 0 aromatic rings. The molecule has 286 valence electrons. The van der Waals surface area contributed by atoms with E-state index >= 15 is 0 Å². The summed E-state index contributed by atoms with van der Waals surface area (Å²) in [6, 6.07) is -0.995. The van der Waals surface area contributed by atoms with Gasteiger partial charge < -0.3 is 25.7 Å². The molecule has 0 aliphatic rings. The summed E-state index contributed by atoms with van der Waals surface area (Å²) in [6.45, 7) is 4.00. The van der Waals surface area contributed by atoms with E-state index in [2.05, 4.69) is 31.3 Å². The van der Waals surface area contributed by atoms with Gasteiger partial charge in [-0.2, -0.15) is 0 Å². The van der Waals surface area contributed by atoms with E-state index in [9.17, 15) is 25.2 Å². The van der Waals surface area contributed by atoms with Crippen LogP contribution in [0.5, 0.6) is 0 Å². The molecule has 0 saturated heterocycles. The number of amides is 1. The molecule has 5 N–H and O–H groups in total. The van der Waals surface area contributed by atoms with Crippen molar-refractivity contribution in [3.05, 3.63) is 12.2 Å². The Kier molecular flexibility index (Phi) is 36.6. The second-order valence-electron chi connectivity index (χ2n) is 14.7. The molecule has 0 fully saturated rings. The van der Waals surface area contributed by atoms with Crippen molar-refractivity contribution in [1.29, 1.82) is 0 Å². The van der Waals surface area contributed by atoms with Gasteiger partial charge in [-0.15, -0.1) is 0 Å². The van der Waals surface area contributed by atoms with E-state index < -0.39 is 36.9 Å². The van der Waals surface area contributed by atoms with Crippen LogP contribution in [0.15, 0.2) is 12.2 Å². The first kappa shape index (κ1) is 47.0. The lowest BCUT2D eigenvalue weighted by Crippen LogP contribution is -2.53. The summed E-state index contributed by atoms with van der Waals surface area (Å²) in [5, 5.41) is 43.4. The topological polar surface area (TPSA) is 110 Å². The second kappa shape index (κ2) is 37.3. The van der Waals surface area contributed by atoms with E-state index in [0.29, 0.717) is 12.8 Å². The van der Waals surface area contributed by atoms with Gasteiger partial charge in [-0.25, -0.2) is 0 Å². The third-order valence-corrected chi connectivity index (χ3v) is 9.98. The molecule has 0 aromatic heterocycles. The van der Waals surface area contributed by atoms with Gasteiger partial charge in [0.2, 0.25) is 5.91 Å². The van der Waals surface area contributed by atoms with Gasteiger partial charge in [-0.3, -0.25) is 4.79 Å².